The molecule has 2 rings (SSSR count). The van der Waals surface area contributed by atoms with Gasteiger partial charge in [0.15, 0.2) is 0 Å². The van der Waals surface area contributed by atoms with E-state index in [-0.39, 0.29) is 5.82 Å². The Hall–Kier alpha value is -1.52. The molecule has 0 aliphatic rings. The van der Waals surface area contributed by atoms with Gasteiger partial charge in [-0.05, 0) is 61.0 Å². The molecule has 0 saturated carbocycles. The number of hydrogen-bond acceptors (Lipinski definition) is 3. The molecule has 112 valence electrons. The summed E-state index contributed by atoms with van der Waals surface area (Å²) < 4.78 is 18.8. The van der Waals surface area contributed by atoms with Crippen LogP contribution in [0.25, 0.3) is 0 Å². The van der Waals surface area contributed by atoms with Crippen molar-refractivity contribution < 1.29 is 9.13 Å². The highest BCUT2D eigenvalue weighted by molar-refractivity contribution is 7.99. The van der Waals surface area contributed by atoms with Crippen LogP contribution in [0, 0.1) is 5.82 Å². The summed E-state index contributed by atoms with van der Waals surface area (Å²) in [6, 6.07) is 12.9. The lowest BCUT2D eigenvalue weighted by atomic mass is 10.2. The maximum atomic E-state index is 13.7. The fourth-order valence-electron chi connectivity index (χ4n) is 1.97. The largest absolute Gasteiger partial charge is 0.497 e. The summed E-state index contributed by atoms with van der Waals surface area (Å²) in [5.41, 5.74) is 0.972. The number of hydrogen-bond donors (Lipinski definition) is 1. The maximum Gasteiger partial charge on any atom is 0.124 e. The lowest BCUT2D eigenvalue weighted by Gasteiger charge is -2.08. The van der Waals surface area contributed by atoms with E-state index in [0.717, 1.165) is 34.1 Å². The molecule has 0 aromatic heterocycles. The monoisotopic (exact) mass is 305 g/mol. The standard InChI is InChI=1S/C17H20FNOS/c1-3-8-19-12-13-9-14(18)11-17(10-13)21-16-6-4-15(20-2)5-7-16/h4-7,9-11,19H,3,8,12H2,1-2H3. The quantitative estimate of drug-likeness (QED) is 0.762. The van der Waals surface area contributed by atoms with Crippen LogP contribution in [0.2, 0.25) is 0 Å². The molecule has 0 amide bonds. The summed E-state index contributed by atoms with van der Waals surface area (Å²) in [6.45, 7) is 3.75. The van der Waals surface area contributed by atoms with E-state index >= 15 is 0 Å². The Kier molecular flexibility index (Phi) is 6.08. The average molecular weight is 305 g/mol. The Morgan fingerprint density at radius 2 is 1.86 bits per heavy atom. The number of benzene rings is 2. The van der Waals surface area contributed by atoms with Crippen molar-refractivity contribution in [3.05, 3.63) is 53.8 Å². The summed E-state index contributed by atoms with van der Waals surface area (Å²) in [7, 11) is 1.64. The van der Waals surface area contributed by atoms with Gasteiger partial charge in [0.2, 0.25) is 0 Å². The maximum absolute atomic E-state index is 13.7. The zero-order valence-corrected chi connectivity index (χ0v) is 13.2. The Morgan fingerprint density at radius 3 is 2.52 bits per heavy atom. The minimum atomic E-state index is -0.193. The average Bonchev–Trinajstić information content (AvgIpc) is 2.48. The number of rotatable bonds is 7. The second-order valence-electron chi connectivity index (χ2n) is 4.75. The van der Waals surface area contributed by atoms with Gasteiger partial charge < -0.3 is 10.1 Å². The van der Waals surface area contributed by atoms with Crippen molar-refractivity contribution in [2.24, 2.45) is 0 Å². The molecule has 0 heterocycles. The topological polar surface area (TPSA) is 21.3 Å². The van der Waals surface area contributed by atoms with Gasteiger partial charge in [-0.1, -0.05) is 18.7 Å². The van der Waals surface area contributed by atoms with E-state index in [2.05, 4.69) is 12.2 Å². The summed E-state index contributed by atoms with van der Waals surface area (Å²) >= 11 is 1.55. The van der Waals surface area contributed by atoms with E-state index in [4.69, 9.17) is 4.74 Å². The van der Waals surface area contributed by atoms with Crippen LogP contribution in [-0.2, 0) is 6.54 Å². The van der Waals surface area contributed by atoms with E-state index in [1.165, 1.54) is 0 Å². The van der Waals surface area contributed by atoms with Crippen LogP contribution in [0.4, 0.5) is 4.39 Å². The molecule has 0 aliphatic carbocycles. The predicted molar refractivity (Wildman–Crippen MR) is 85.5 cm³/mol. The zero-order chi connectivity index (χ0) is 15.1. The fraction of sp³-hybridized carbons (Fsp3) is 0.294. The minimum Gasteiger partial charge on any atom is -0.497 e. The number of methoxy groups -OCH3 is 1. The van der Waals surface area contributed by atoms with Gasteiger partial charge in [-0.2, -0.15) is 0 Å². The number of halogens is 1. The Morgan fingerprint density at radius 1 is 1.10 bits per heavy atom. The van der Waals surface area contributed by atoms with Crippen molar-refractivity contribution in [1.29, 1.82) is 0 Å². The van der Waals surface area contributed by atoms with E-state index in [1.54, 1.807) is 31.0 Å². The first-order chi connectivity index (χ1) is 10.2. The molecule has 1 N–H and O–H groups in total. The van der Waals surface area contributed by atoms with Gasteiger partial charge >= 0.3 is 0 Å². The second-order valence-corrected chi connectivity index (χ2v) is 5.90. The van der Waals surface area contributed by atoms with Crippen molar-refractivity contribution in [2.45, 2.75) is 29.7 Å². The molecule has 0 spiro atoms. The highest BCUT2D eigenvalue weighted by Gasteiger charge is 2.03. The lowest BCUT2D eigenvalue weighted by Crippen LogP contribution is -2.13. The van der Waals surface area contributed by atoms with Crippen LogP contribution in [0.15, 0.2) is 52.3 Å². The molecule has 2 nitrogen and oxygen atoms in total. The highest BCUT2D eigenvalue weighted by atomic mass is 32.2. The molecule has 4 heteroatoms. The lowest BCUT2D eigenvalue weighted by molar-refractivity contribution is 0.414. The van der Waals surface area contributed by atoms with Crippen LogP contribution in [0.5, 0.6) is 5.75 Å². The minimum absolute atomic E-state index is 0.193. The third-order valence-electron chi connectivity index (χ3n) is 2.98. The number of ether oxygens (including phenoxy) is 1. The molecule has 0 fully saturated rings. The van der Waals surface area contributed by atoms with Crippen molar-refractivity contribution in [1.82, 2.24) is 5.32 Å². The van der Waals surface area contributed by atoms with Crippen LogP contribution >= 0.6 is 11.8 Å². The van der Waals surface area contributed by atoms with E-state index in [0.29, 0.717) is 6.54 Å². The van der Waals surface area contributed by atoms with Crippen molar-refractivity contribution in [3.63, 3.8) is 0 Å². The molecule has 21 heavy (non-hydrogen) atoms. The first-order valence-electron chi connectivity index (χ1n) is 7.03. The Bertz CT molecular complexity index is 572. The zero-order valence-electron chi connectivity index (χ0n) is 12.4. The predicted octanol–water partition coefficient (Wildman–Crippen LogP) is 4.49. The molecule has 0 atom stereocenters. The van der Waals surface area contributed by atoms with Crippen molar-refractivity contribution >= 4 is 11.8 Å². The first-order valence-corrected chi connectivity index (χ1v) is 7.85. The molecule has 2 aromatic carbocycles. The van der Waals surface area contributed by atoms with Gasteiger partial charge in [0.25, 0.3) is 0 Å². The van der Waals surface area contributed by atoms with Gasteiger partial charge in [0.05, 0.1) is 7.11 Å². The molecular formula is C17H20FNOS. The normalized spacial score (nSPS) is 10.6. The van der Waals surface area contributed by atoms with Crippen molar-refractivity contribution in [2.75, 3.05) is 13.7 Å². The smallest absolute Gasteiger partial charge is 0.124 e. The van der Waals surface area contributed by atoms with Crippen molar-refractivity contribution in [3.8, 4) is 5.75 Å². The van der Waals surface area contributed by atoms with Gasteiger partial charge in [0.1, 0.15) is 11.6 Å². The molecule has 0 bridgehead atoms. The molecule has 0 aliphatic heterocycles. The van der Waals surface area contributed by atoms with Crippen LogP contribution in [0.1, 0.15) is 18.9 Å². The summed E-state index contributed by atoms with van der Waals surface area (Å²) in [6.07, 6.45) is 1.07. The van der Waals surface area contributed by atoms with E-state index in [1.807, 2.05) is 30.3 Å². The van der Waals surface area contributed by atoms with Gasteiger partial charge in [-0.3, -0.25) is 0 Å². The first kappa shape index (κ1) is 15.9. The van der Waals surface area contributed by atoms with Crippen LogP contribution in [-0.4, -0.2) is 13.7 Å². The molecule has 2 aromatic rings. The van der Waals surface area contributed by atoms with Gasteiger partial charge in [-0.25, -0.2) is 4.39 Å². The van der Waals surface area contributed by atoms with E-state index in [9.17, 15) is 4.39 Å². The highest BCUT2D eigenvalue weighted by Crippen LogP contribution is 2.30. The number of nitrogens with one attached hydrogen (secondary N) is 1. The fourth-order valence-corrected chi connectivity index (χ4v) is 2.90. The Labute approximate surface area is 129 Å². The summed E-state index contributed by atoms with van der Waals surface area (Å²) in [4.78, 5) is 1.97. The molecule has 0 unspecified atom stereocenters. The molecule has 0 radical (unpaired) electrons. The SMILES string of the molecule is CCCNCc1cc(F)cc(Sc2ccc(OC)cc2)c1. The molecular weight excluding hydrogens is 285 g/mol. The van der Waals surface area contributed by atoms with Gasteiger partial charge in [-0.15, -0.1) is 0 Å². The Balaban J connectivity index is 2.07. The van der Waals surface area contributed by atoms with E-state index < -0.39 is 0 Å². The summed E-state index contributed by atoms with van der Waals surface area (Å²) in [5, 5.41) is 3.29. The molecule has 0 saturated heterocycles. The van der Waals surface area contributed by atoms with Crippen LogP contribution < -0.4 is 10.1 Å². The van der Waals surface area contributed by atoms with Gasteiger partial charge in [0, 0.05) is 16.3 Å². The third-order valence-corrected chi connectivity index (χ3v) is 3.96. The third kappa shape index (κ3) is 5.06. The summed E-state index contributed by atoms with van der Waals surface area (Å²) in [5.74, 6) is 0.629. The second kappa shape index (κ2) is 8.05. The van der Waals surface area contributed by atoms with Crippen LogP contribution in [0.3, 0.4) is 0 Å².